The summed E-state index contributed by atoms with van der Waals surface area (Å²) in [5, 5.41) is 23.0. The first-order chi connectivity index (χ1) is 11.9. The van der Waals surface area contributed by atoms with Crippen LogP contribution in [0.4, 0.5) is 16.2 Å². The third kappa shape index (κ3) is 4.54. The first-order valence-corrected chi connectivity index (χ1v) is 8.95. The maximum absolute atomic E-state index is 12.1. The van der Waals surface area contributed by atoms with Gasteiger partial charge in [-0.1, -0.05) is 0 Å². The monoisotopic (exact) mass is 477 g/mol. The molecule has 0 aromatic heterocycles. The quantitative estimate of drug-likeness (QED) is 0.389. The van der Waals surface area contributed by atoms with Crippen LogP contribution >= 0.6 is 22.6 Å². The van der Waals surface area contributed by atoms with Gasteiger partial charge in [0, 0.05) is 28.7 Å². The molecule has 142 valence electrons. The molecule has 1 unspecified atom stereocenters. The molecule has 0 radical (unpaired) electrons. The lowest BCUT2D eigenvalue weighted by atomic mass is 9.99. The number of aliphatic carboxylic acids is 1. The minimum Gasteiger partial charge on any atom is -0.479 e. The average molecular weight is 477 g/mol. The third-order valence-corrected chi connectivity index (χ3v) is 4.77. The highest BCUT2D eigenvalue weighted by Gasteiger charge is 2.47. The summed E-state index contributed by atoms with van der Waals surface area (Å²) < 4.78 is 5.81. The molecule has 1 heterocycles. The molecule has 2 rings (SSSR count). The van der Waals surface area contributed by atoms with Crippen LogP contribution in [-0.2, 0) is 9.53 Å². The van der Waals surface area contributed by atoms with Crippen molar-refractivity contribution < 1.29 is 24.4 Å². The minimum atomic E-state index is -1.48. The van der Waals surface area contributed by atoms with Crippen molar-refractivity contribution in [1.29, 1.82) is 0 Å². The summed E-state index contributed by atoms with van der Waals surface area (Å²) in [5.74, 6) is -1.15. The number of carboxylic acids is 1. The highest BCUT2D eigenvalue weighted by molar-refractivity contribution is 14.1. The maximum atomic E-state index is 12.1. The van der Waals surface area contributed by atoms with Gasteiger partial charge in [-0.25, -0.2) is 9.59 Å². The van der Waals surface area contributed by atoms with Crippen LogP contribution in [0.5, 0.6) is 0 Å². The van der Waals surface area contributed by atoms with Crippen LogP contribution in [0.2, 0.25) is 0 Å². The fourth-order valence-corrected chi connectivity index (χ4v) is 3.55. The number of nitro benzene ring substituents is 1. The molecular formula is C16H20IN3O6. The Balaban J connectivity index is 2.20. The van der Waals surface area contributed by atoms with Gasteiger partial charge in [0.25, 0.3) is 5.69 Å². The number of carboxylic acid groups (broad SMARTS) is 1. The molecule has 0 spiro atoms. The Bertz CT molecular complexity index is 748. The summed E-state index contributed by atoms with van der Waals surface area (Å²) in [6.45, 7) is 5.51. The van der Waals surface area contributed by atoms with Gasteiger partial charge in [-0.05, 0) is 49.4 Å². The van der Waals surface area contributed by atoms with Gasteiger partial charge in [0.15, 0.2) is 5.54 Å². The number of halogens is 1. The van der Waals surface area contributed by atoms with E-state index >= 15 is 0 Å². The predicted octanol–water partition coefficient (Wildman–Crippen LogP) is 2.76. The number of hydrogen-bond acceptors (Lipinski definition) is 6. The zero-order valence-corrected chi connectivity index (χ0v) is 16.8. The first kappa shape index (κ1) is 20.2. The van der Waals surface area contributed by atoms with Crippen LogP contribution < -0.4 is 10.2 Å². The van der Waals surface area contributed by atoms with Crippen LogP contribution in [0.25, 0.3) is 0 Å². The number of hydrogen-bond donors (Lipinski definition) is 2. The van der Waals surface area contributed by atoms with Gasteiger partial charge in [-0.3, -0.25) is 10.1 Å². The number of nitrogens with zero attached hydrogens (tertiary/aromatic N) is 2. The molecule has 0 saturated carbocycles. The van der Waals surface area contributed by atoms with Gasteiger partial charge in [0.05, 0.1) is 17.2 Å². The molecule has 10 heteroatoms. The Morgan fingerprint density at radius 3 is 2.58 bits per heavy atom. The minimum absolute atomic E-state index is 0.0336. The predicted molar refractivity (Wildman–Crippen MR) is 102 cm³/mol. The van der Waals surface area contributed by atoms with E-state index in [0.29, 0.717) is 15.8 Å². The SMILES string of the molecule is CC(C)(C)OC(=O)NC1(C(=O)O)CCN(c2ccc([N+](=O)[O-])cc2I)C1. The highest BCUT2D eigenvalue weighted by Crippen LogP contribution is 2.32. The lowest BCUT2D eigenvalue weighted by Crippen LogP contribution is -2.57. The number of carbonyl (C=O) groups is 2. The average Bonchev–Trinajstić information content (AvgIpc) is 2.90. The van der Waals surface area contributed by atoms with Crippen molar-refractivity contribution in [3.8, 4) is 0 Å². The zero-order valence-electron chi connectivity index (χ0n) is 14.6. The van der Waals surface area contributed by atoms with Gasteiger partial charge < -0.3 is 20.1 Å². The number of carbonyl (C=O) groups excluding carboxylic acids is 1. The number of nitro groups is 1. The first-order valence-electron chi connectivity index (χ1n) is 7.87. The van der Waals surface area contributed by atoms with E-state index in [2.05, 4.69) is 5.32 Å². The van der Waals surface area contributed by atoms with Crippen molar-refractivity contribution in [3.63, 3.8) is 0 Å². The standard InChI is InChI=1S/C16H20IN3O6/c1-15(2,3)26-14(23)18-16(13(21)22)6-7-19(9-16)12-5-4-10(20(24)25)8-11(12)17/h4-5,8H,6-7,9H2,1-3H3,(H,18,23)(H,21,22). The van der Waals surface area contributed by atoms with Crippen molar-refractivity contribution in [1.82, 2.24) is 5.32 Å². The normalized spacial score (nSPS) is 19.9. The number of alkyl carbamates (subject to hydrolysis) is 1. The van der Waals surface area contributed by atoms with Crippen molar-refractivity contribution in [2.24, 2.45) is 0 Å². The van der Waals surface area contributed by atoms with E-state index in [9.17, 15) is 24.8 Å². The van der Waals surface area contributed by atoms with Crippen molar-refractivity contribution in [3.05, 3.63) is 31.9 Å². The van der Waals surface area contributed by atoms with E-state index in [4.69, 9.17) is 4.74 Å². The maximum Gasteiger partial charge on any atom is 0.408 e. The Morgan fingerprint density at radius 1 is 1.42 bits per heavy atom. The van der Waals surface area contributed by atoms with Crippen LogP contribution in [0, 0.1) is 13.7 Å². The zero-order chi connectivity index (χ0) is 19.7. The van der Waals surface area contributed by atoms with Gasteiger partial charge in [-0.2, -0.15) is 0 Å². The fourth-order valence-electron chi connectivity index (χ4n) is 2.71. The van der Waals surface area contributed by atoms with Crippen LogP contribution in [-0.4, -0.2) is 46.3 Å². The van der Waals surface area contributed by atoms with E-state index in [0.717, 1.165) is 0 Å². The summed E-state index contributed by atoms with van der Waals surface area (Å²) in [5.41, 5.74) is -1.57. The molecule has 1 fully saturated rings. The van der Waals surface area contributed by atoms with E-state index in [1.165, 1.54) is 12.1 Å². The molecule has 1 aromatic rings. The third-order valence-electron chi connectivity index (χ3n) is 3.90. The molecular weight excluding hydrogens is 457 g/mol. The second-order valence-corrected chi connectivity index (χ2v) is 8.24. The molecule has 0 bridgehead atoms. The number of anilines is 1. The molecule has 1 aromatic carbocycles. The lowest BCUT2D eigenvalue weighted by Gasteiger charge is -2.29. The number of nitrogens with one attached hydrogen (secondary N) is 1. The summed E-state index contributed by atoms with van der Waals surface area (Å²) in [7, 11) is 0. The number of rotatable bonds is 4. The Kier molecular flexibility index (Phi) is 5.64. The molecule has 0 aliphatic carbocycles. The van der Waals surface area contributed by atoms with Crippen molar-refractivity contribution in [2.75, 3.05) is 18.0 Å². The number of benzene rings is 1. The van der Waals surface area contributed by atoms with Gasteiger partial charge in [0.1, 0.15) is 5.60 Å². The van der Waals surface area contributed by atoms with E-state index in [-0.39, 0.29) is 18.7 Å². The van der Waals surface area contributed by atoms with Gasteiger partial charge >= 0.3 is 12.1 Å². The molecule has 1 saturated heterocycles. The van der Waals surface area contributed by atoms with Gasteiger partial charge in [-0.15, -0.1) is 0 Å². The number of non-ortho nitro benzene ring substituents is 1. The second kappa shape index (κ2) is 7.25. The van der Waals surface area contributed by atoms with E-state index in [1.807, 2.05) is 22.6 Å². The van der Waals surface area contributed by atoms with E-state index < -0.39 is 28.1 Å². The summed E-state index contributed by atoms with van der Waals surface area (Å²) in [6, 6.07) is 4.39. The largest absolute Gasteiger partial charge is 0.479 e. The lowest BCUT2D eigenvalue weighted by molar-refractivity contribution is -0.384. The van der Waals surface area contributed by atoms with Gasteiger partial charge in [0.2, 0.25) is 0 Å². The second-order valence-electron chi connectivity index (χ2n) is 7.08. The Hall–Kier alpha value is -2.11. The molecule has 1 atom stereocenters. The summed E-state index contributed by atoms with van der Waals surface area (Å²) in [6.07, 6.45) is -0.602. The Morgan fingerprint density at radius 2 is 2.08 bits per heavy atom. The summed E-state index contributed by atoms with van der Waals surface area (Å²) in [4.78, 5) is 36.1. The Labute approximate surface area is 164 Å². The smallest absolute Gasteiger partial charge is 0.408 e. The molecule has 1 aliphatic heterocycles. The van der Waals surface area contributed by atoms with Crippen molar-refractivity contribution >= 4 is 46.0 Å². The molecule has 26 heavy (non-hydrogen) atoms. The highest BCUT2D eigenvalue weighted by atomic mass is 127. The molecule has 9 nitrogen and oxygen atoms in total. The van der Waals surface area contributed by atoms with Crippen LogP contribution in [0.15, 0.2) is 18.2 Å². The number of ether oxygens (including phenoxy) is 1. The molecule has 2 N–H and O–H groups in total. The molecule has 1 aliphatic rings. The summed E-state index contributed by atoms with van der Waals surface area (Å²) >= 11 is 1.98. The van der Waals surface area contributed by atoms with E-state index in [1.54, 1.807) is 31.7 Å². The van der Waals surface area contributed by atoms with Crippen LogP contribution in [0.3, 0.4) is 0 Å². The van der Waals surface area contributed by atoms with Crippen LogP contribution in [0.1, 0.15) is 27.2 Å². The fraction of sp³-hybridized carbons (Fsp3) is 0.500. The topological polar surface area (TPSA) is 122 Å². The number of amides is 1. The molecule has 1 amide bonds. The van der Waals surface area contributed by atoms with Crippen molar-refractivity contribution in [2.45, 2.75) is 38.3 Å².